The molecular formula is C36H69O8P. The van der Waals surface area contributed by atoms with Gasteiger partial charge in [-0.1, -0.05) is 148 Å². The molecule has 9 heteroatoms. The van der Waals surface area contributed by atoms with Crippen LogP contribution in [-0.2, 0) is 28.2 Å². The summed E-state index contributed by atoms with van der Waals surface area (Å²) in [4.78, 5) is 42.6. The Morgan fingerprint density at radius 2 is 0.933 bits per heavy atom. The number of allylic oxidation sites excluding steroid dienone is 2. The molecule has 8 nitrogen and oxygen atoms in total. The van der Waals surface area contributed by atoms with Gasteiger partial charge in [-0.3, -0.25) is 14.1 Å². The SMILES string of the molecule is CCCCCCC/C=C\CCCCCCCC(=O)O[C@H](COC(=O)CCCCCCCCCCCCCCC)COP(=O)(O)O. The van der Waals surface area contributed by atoms with E-state index in [-0.39, 0.29) is 19.4 Å². The summed E-state index contributed by atoms with van der Waals surface area (Å²) >= 11 is 0. The molecular weight excluding hydrogens is 591 g/mol. The van der Waals surface area contributed by atoms with Gasteiger partial charge in [0, 0.05) is 12.8 Å². The summed E-state index contributed by atoms with van der Waals surface area (Å²) in [5, 5.41) is 0. The van der Waals surface area contributed by atoms with Gasteiger partial charge in [0.1, 0.15) is 6.61 Å². The van der Waals surface area contributed by atoms with Gasteiger partial charge in [-0.15, -0.1) is 0 Å². The zero-order chi connectivity index (χ0) is 33.3. The number of carbonyl (C=O) groups is 2. The molecule has 0 radical (unpaired) electrons. The van der Waals surface area contributed by atoms with Crippen LogP contribution in [0.4, 0.5) is 0 Å². The van der Waals surface area contributed by atoms with Gasteiger partial charge in [0.2, 0.25) is 0 Å². The summed E-state index contributed by atoms with van der Waals surface area (Å²) < 4.78 is 26.3. The van der Waals surface area contributed by atoms with E-state index < -0.39 is 32.5 Å². The molecule has 0 rings (SSSR count). The Morgan fingerprint density at radius 3 is 1.36 bits per heavy atom. The summed E-state index contributed by atoms with van der Waals surface area (Å²) in [6, 6.07) is 0. The second kappa shape index (κ2) is 32.7. The highest BCUT2D eigenvalue weighted by molar-refractivity contribution is 7.46. The molecule has 0 aromatic heterocycles. The Hall–Kier alpha value is -1.21. The molecule has 45 heavy (non-hydrogen) atoms. The van der Waals surface area contributed by atoms with E-state index >= 15 is 0 Å². The highest BCUT2D eigenvalue weighted by Crippen LogP contribution is 2.36. The summed E-state index contributed by atoms with van der Waals surface area (Å²) in [6.07, 6.45) is 33.6. The average molecular weight is 661 g/mol. The molecule has 2 N–H and O–H groups in total. The van der Waals surface area contributed by atoms with Crippen LogP contribution in [0.1, 0.15) is 187 Å². The molecule has 0 aromatic carbocycles. The van der Waals surface area contributed by atoms with Crippen molar-refractivity contribution in [2.24, 2.45) is 0 Å². The lowest BCUT2D eigenvalue weighted by molar-refractivity contribution is -0.161. The van der Waals surface area contributed by atoms with Crippen LogP contribution in [0, 0.1) is 0 Å². The highest BCUT2D eigenvalue weighted by atomic mass is 31.2. The number of hydrogen-bond donors (Lipinski definition) is 2. The zero-order valence-corrected chi connectivity index (χ0v) is 29.9. The van der Waals surface area contributed by atoms with Gasteiger partial charge >= 0.3 is 19.8 Å². The van der Waals surface area contributed by atoms with E-state index in [0.717, 1.165) is 51.4 Å². The lowest BCUT2D eigenvalue weighted by atomic mass is 10.0. The van der Waals surface area contributed by atoms with Gasteiger partial charge in [-0.05, 0) is 38.5 Å². The minimum Gasteiger partial charge on any atom is -0.462 e. The molecule has 0 spiro atoms. The molecule has 0 aromatic rings. The van der Waals surface area contributed by atoms with Crippen LogP contribution in [0.25, 0.3) is 0 Å². The fourth-order valence-corrected chi connectivity index (χ4v) is 5.61. The van der Waals surface area contributed by atoms with Gasteiger partial charge in [-0.2, -0.15) is 0 Å². The third-order valence-corrected chi connectivity index (χ3v) is 8.52. The summed E-state index contributed by atoms with van der Waals surface area (Å²) in [5.74, 6) is -0.888. The third-order valence-electron chi connectivity index (χ3n) is 8.03. The average Bonchev–Trinajstić information content (AvgIpc) is 3.00. The number of carbonyl (C=O) groups excluding carboxylic acids is 2. The summed E-state index contributed by atoms with van der Waals surface area (Å²) in [5.41, 5.74) is 0. The first-order valence-corrected chi connectivity index (χ1v) is 20.0. The molecule has 0 fully saturated rings. The maximum Gasteiger partial charge on any atom is 0.469 e. The molecule has 1 atom stereocenters. The van der Waals surface area contributed by atoms with E-state index in [2.05, 4.69) is 30.5 Å². The van der Waals surface area contributed by atoms with Crippen LogP contribution in [0.2, 0.25) is 0 Å². The molecule has 0 amide bonds. The predicted molar refractivity (Wildman–Crippen MR) is 184 cm³/mol. The maximum atomic E-state index is 12.3. The van der Waals surface area contributed by atoms with Crippen molar-refractivity contribution in [1.29, 1.82) is 0 Å². The maximum absolute atomic E-state index is 12.3. The Morgan fingerprint density at radius 1 is 0.556 bits per heavy atom. The fraction of sp³-hybridized carbons (Fsp3) is 0.889. The quantitative estimate of drug-likeness (QED) is 0.0303. The van der Waals surface area contributed by atoms with Crippen molar-refractivity contribution in [3.63, 3.8) is 0 Å². The number of rotatable bonds is 34. The first-order valence-electron chi connectivity index (χ1n) is 18.5. The van der Waals surface area contributed by atoms with Crippen molar-refractivity contribution in [2.45, 2.75) is 193 Å². The van der Waals surface area contributed by atoms with Crippen LogP contribution in [0.3, 0.4) is 0 Å². The fourth-order valence-electron chi connectivity index (χ4n) is 5.25. The molecule has 0 unspecified atom stereocenters. The molecule has 0 aliphatic rings. The highest BCUT2D eigenvalue weighted by Gasteiger charge is 2.22. The zero-order valence-electron chi connectivity index (χ0n) is 29.0. The van der Waals surface area contributed by atoms with Crippen molar-refractivity contribution in [1.82, 2.24) is 0 Å². The number of phosphoric ester groups is 1. The van der Waals surface area contributed by atoms with Crippen molar-refractivity contribution in [3.8, 4) is 0 Å². The Kier molecular flexibility index (Phi) is 31.8. The van der Waals surface area contributed by atoms with Crippen LogP contribution in [0.5, 0.6) is 0 Å². The second-order valence-corrected chi connectivity index (χ2v) is 13.8. The Bertz CT molecular complexity index is 751. The van der Waals surface area contributed by atoms with Gasteiger partial charge in [0.05, 0.1) is 6.61 Å². The molecule has 0 bridgehead atoms. The van der Waals surface area contributed by atoms with E-state index in [0.29, 0.717) is 6.42 Å². The van der Waals surface area contributed by atoms with Crippen LogP contribution < -0.4 is 0 Å². The van der Waals surface area contributed by atoms with Gasteiger partial charge in [0.25, 0.3) is 0 Å². The molecule has 0 aliphatic carbocycles. The first kappa shape index (κ1) is 43.8. The normalized spacial score (nSPS) is 12.5. The number of ether oxygens (including phenoxy) is 2. The number of unbranched alkanes of at least 4 members (excludes halogenated alkanes) is 22. The Labute approximate surface area is 276 Å². The van der Waals surface area contributed by atoms with Gasteiger partial charge < -0.3 is 19.3 Å². The molecule has 0 saturated carbocycles. The minimum atomic E-state index is -4.74. The Balaban J connectivity index is 3.97. The minimum absolute atomic E-state index is 0.206. The number of hydrogen-bond acceptors (Lipinski definition) is 6. The lowest BCUT2D eigenvalue weighted by Gasteiger charge is -2.18. The summed E-state index contributed by atoms with van der Waals surface area (Å²) in [6.45, 7) is 3.66. The second-order valence-electron chi connectivity index (χ2n) is 12.6. The van der Waals surface area contributed by atoms with Gasteiger partial charge in [-0.25, -0.2) is 4.57 Å². The van der Waals surface area contributed by atoms with Crippen molar-refractivity contribution in [3.05, 3.63) is 12.2 Å². The van der Waals surface area contributed by atoms with E-state index in [1.54, 1.807) is 0 Å². The molecule has 0 heterocycles. The van der Waals surface area contributed by atoms with Crippen LogP contribution in [0.15, 0.2) is 12.2 Å². The summed E-state index contributed by atoms with van der Waals surface area (Å²) in [7, 11) is -4.74. The predicted octanol–water partition coefficient (Wildman–Crippen LogP) is 10.7. The molecule has 0 aliphatic heterocycles. The number of esters is 2. The van der Waals surface area contributed by atoms with Crippen molar-refractivity contribution < 1.29 is 37.9 Å². The van der Waals surface area contributed by atoms with Crippen LogP contribution in [-0.4, -0.2) is 41.0 Å². The molecule has 0 saturated heterocycles. The standard InChI is InChI=1S/C36H69O8P/c1-3-5-7-9-11-13-15-17-19-21-23-25-27-29-31-36(38)44-34(33-43-45(39,40)41)32-42-35(37)30-28-26-24-22-20-18-16-14-12-10-8-6-4-2/h15,17,34H,3-14,16,18-33H2,1-2H3,(H2,39,40,41)/b17-15-/t34-/m1/s1. The van der Waals surface area contributed by atoms with E-state index in [9.17, 15) is 14.2 Å². The number of phosphoric acid groups is 1. The smallest absolute Gasteiger partial charge is 0.462 e. The first-order chi connectivity index (χ1) is 21.8. The van der Waals surface area contributed by atoms with E-state index in [1.165, 1.54) is 103 Å². The van der Waals surface area contributed by atoms with E-state index in [4.69, 9.17) is 19.3 Å². The monoisotopic (exact) mass is 660 g/mol. The third kappa shape index (κ3) is 35.5. The van der Waals surface area contributed by atoms with Crippen molar-refractivity contribution >= 4 is 19.8 Å². The molecule has 266 valence electrons. The van der Waals surface area contributed by atoms with Gasteiger partial charge in [0.15, 0.2) is 6.10 Å². The largest absolute Gasteiger partial charge is 0.469 e. The van der Waals surface area contributed by atoms with Crippen molar-refractivity contribution in [2.75, 3.05) is 13.2 Å². The topological polar surface area (TPSA) is 119 Å². The lowest BCUT2D eigenvalue weighted by Crippen LogP contribution is -2.29. The van der Waals surface area contributed by atoms with E-state index in [1.807, 2.05) is 0 Å². The van der Waals surface area contributed by atoms with Crippen LogP contribution >= 0.6 is 7.82 Å².